The summed E-state index contributed by atoms with van der Waals surface area (Å²) in [6.07, 6.45) is -3.59. The van der Waals surface area contributed by atoms with Crippen molar-refractivity contribution in [2.75, 3.05) is 19.8 Å². The number of nitrogens with one attached hydrogen (secondary N) is 1. The maximum atomic E-state index is 12.4. The molecular formula is C13H21F3N2O3. The number of alkyl halides is 3. The van der Waals surface area contributed by atoms with Gasteiger partial charge >= 0.3 is 6.18 Å². The molecule has 8 heteroatoms. The van der Waals surface area contributed by atoms with Crippen LogP contribution in [0.15, 0.2) is 0 Å². The zero-order valence-corrected chi connectivity index (χ0v) is 12.4. The number of halogens is 3. The lowest BCUT2D eigenvalue weighted by Gasteiger charge is -2.43. The fraction of sp³-hybridized carbons (Fsp3) is 0.846. The molecule has 0 aromatic rings. The number of hydrogen-bond donors (Lipinski definition) is 1. The molecule has 0 radical (unpaired) electrons. The van der Waals surface area contributed by atoms with Crippen LogP contribution in [0.5, 0.6) is 0 Å². The Hall–Kier alpha value is -1.31. The third-order valence-corrected chi connectivity index (χ3v) is 3.65. The molecule has 1 fully saturated rings. The Morgan fingerprint density at radius 2 is 1.95 bits per heavy atom. The summed E-state index contributed by atoms with van der Waals surface area (Å²) in [6, 6.07) is -0.661. The van der Waals surface area contributed by atoms with Crippen LogP contribution in [-0.2, 0) is 14.3 Å². The minimum atomic E-state index is -4.40. The molecule has 1 rings (SSSR count). The highest BCUT2D eigenvalue weighted by atomic mass is 19.4. The molecule has 0 saturated carbocycles. The van der Waals surface area contributed by atoms with Gasteiger partial charge in [0.25, 0.3) is 0 Å². The van der Waals surface area contributed by atoms with Gasteiger partial charge in [-0.05, 0) is 19.8 Å². The fourth-order valence-electron chi connectivity index (χ4n) is 2.26. The number of nitrogens with zero attached hydrogens (tertiary/aromatic N) is 1. The van der Waals surface area contributed by atoms with E-state index in [4.69, 9.17) is 0 Å². The van der Waals surface area contributed by atoms with Crippen LogP contribution < -0.4 is 5.32 Å². The molecular weight excluding hydrogens is 289 g/mol. The van der Waals surface area contributed by atoms with E-state index in [9.17, 15) is 22.8 Å². The minimum absolute atomic E-state index is 0.0313. The number of piperazine rings is 1. The average Bonchev–Trinajstić information content (AvgIpc) is 2.38. The number of ether oxygens (including phenoxy) is 1. The summed E-state index contributed by atoms with van der Waals surface area (Å²) in [5.41, 5.74) is -1.01. The Kier molecular flexibility index (Phi) is 5.61. The van der Waals surface area contributed by atoms with Crippen molar-refractivity contribution in [1.29, 1.82) is 0 Å². The largest absolute Gasteiger partial charge is 0.411 e. The molecule has 1 N–H and O–H groups in total. The fourth-order valence-corrected chi connectivity index (χ4v) is 2.26. The van der Waals surface area contributed by atoms with Gasteiger partial charge in [0.15, 0.2) is 0 Å². The third kappa shape index (κ3) is 4.33. The van der Waals surface area contributed by atoms with Crippen LogP contribution in [0, 0.1) is 0 Å². The number of hydrogen-bond acceptors (Lipinski definition) is 3. The van der Waals surface area contributed by atoms with Crippen molar-refractivity contribution < 1.29 is 27.5 Å². The zero-order valence-electron chi connectivity index (χ0n) is 12.4. The smallest absolute Gasteiger partial charge is 0.370 e. The van der Waals surface area contributed by atoms with Gasteiger partial charge in [-0.2, -0.15) is 13.2 Å². The van der Waals surface area contributed by atoms with Crippen LogP contribution in [0.2, 0.25) is 0 Å². The molecule has 0 aliphatic carbocycles. The van der Waals surface area contributed by atoms with Gasteiger partial charge in [-0.1, -0.05) is 13.8 Å². The maximum Gasteiger partial charge on any atom is 0.411 e. The number of carbonyl (C=O) groups is 2. The van der Waals surface area contributed by atoms with Crippen LogP contribution in [0.3, 0.4) is 0 Å². The summed E-state index contributed by atoms with van der Waals surface area (Å²) >= 11 is 0. The molecule has 0 spiro atoms. The lowest BCUT2D eigenvalue weighted by Crippen LogP contribution is -2.69. The Labute approximate surface area is 121 Å². The van der Waals surface area contributed by atoms with E-state index in [2.05, 4.69) is 10.1 Å². The van der Waals surface area contributed by atoms with Crippen molar-refractivity contribution in [3.8, 4) is 0 Å². The van der Waals surface area contributed by atoms with Crippen molar-refractivity contribution in [1.82, 2.24) is 10.2 Å². The van der Waals surface area contributed by atoms with Crippen molar-refractivity contribution in [2.45, 2.75) is 51.4 Å². The SMILES string of the molecule is CCC1C(=O)NC(C)(CC)C(=O)N1CCOCC(F)(F)F. The topological polar surface area (TPSA) is 58.6 Å². The normalized spacial score (nSPS) is 27.0. The van der Waals surface area contributed by atoms with Gasteiger partial charge in [-0.25, -0.2) is 0 Å². The molecule has 5 nitrogen and oxygen atoms in total. The van der Waals surface area contributed by atoms with Gasteiger partial charge in [0.2, 0.25) is 11.8 Å². The van der Waals surface area contributed by atoms with Crippen molar-refractivity contribution in [3.63, 3.8) is 0 Å². The first kappa shape index (κ1) is 17.7. The quantitative estimate of drug-likeness (QED) is 0.756. The minimum Gasteiger partial charge on any atom is -0.370 e. The first-order chi connectivity index (χ1) is 9.64. The highest BCUT2D eigenvalue weighted by Crippen LogP contribution is 2.23. The van der Waals surface area contributed by atoms with Crippen molar-refractivity contribution >= 4 is 11.8 Å². The number of rotatable bonds is 6. The molecule has 2 unspecified atom stereocenters. The predicted molar refractivity (Wildman–Crippen MR) is 69.5 cm³/mol. The lowest BCUT2D eigenvalue weighted by atomic mass is 9.91. The van der Waals surface area contributed by atoms with E-state index in [-0.39, 0.29) is 25.0 Å². The summed E-state index contributed by atoms with van der Waals surface area (Å²) in [6.45, 7) is 3.48. The zero-order chi connectivity index (χ0) is 16.3. The first-order valence-corrected chi connectivity index (χ1v) is 6.92. The summed E-state index contributed by atoms with van der Waals surface area (Å²) in [4.78, 5) is 25.8. The standard InChI is InChI=1S/C13H21F3N2O3/c1-4-9-10(19)17-12(3,5-2)11(20)18(9)6-7-21-8-13(14,15)16/h9H,4-8H2,1-3H3,(H,17,19). The van der Waals surface area contributed by atoms with E-state index in [1.165, 1.54) is 4.90 Å². The second kappa shape index (κ2) is 6.64. The van der Waals surface area contributed by atoms with Crippen LogP contribution >= 0.6 is 0 Å². The van der Waals surface area contributed by atoms with E-state index in [0.29, 0.717) is 12.8 Å². The summed E-state index contributed by atoms with van der Waals surface area (Å²) < 4.78 is 40.6. The van der Waals surface area contributed by atoms with Gasteiger partial charge in [-0.15, -0.1) is 0 Å². The maximum absolute atomic E-state index is 12.4. The molecule has 1 aliphatic rings. The van der Waals surface area contributed by atoms with E-state index in [1.54, 1.807) is 20.8 Å². The molecule has 0 aromatic heterocycles. The molecule has 122 valence electrons. The molecule has 0 bridgehead atoms. The van der Waals surface area contributed by atoms with Gasteiger partial charge in [0.05, 0.1) is 6.61 Å². The van der Waals surface area contributed by atoms with E-state index >= 15 is 0 Å². The van der Waals surface area contributed by atoms with E-state index in [0.717, 1.165) is 0 Å². The average molecular weight is 310 g/mol. The lowest BCUT2D eigenvalue weighted by molar-refractivity contribution is -0.176. The molecule has 1 saturated heterocycles. The second-order valence-corrected chi connectivity index (χ2v) is 5.27. The molecule has 2 atom stereocenters. The Morgan fingerprint density at radius 3 is 2.43 bits per heavy atom. The monoisotopic (exact) mass is 310 g/mol. The highest BCUT2D eigenvalue weighted by molar-refractivity contribution is 5.99. The number of amides is 2. The first-order valence-electron chi connectivity index (χ1n) is 6.92. The Morgan fingerprint density at radius 1 is 1.33 bits per heavy atom. The van der Waals surface area contributed by atoms with Crippen LogP contribution in [0.4, 0.5) is 13.2 Å². The highest BCUT2D eigenvalue weighted by Gasteiger charge is 2.46. The molecule has 2 amide bonds. The summed E-state index contributed by atoms with van der Waals surface area (Å²) in [5.74, 6) is -0.565. The van der Waals surface area contributed by atoms with Gasteiger partial charge < -0.3 is 15.0 Å². The van der Waals surface area contributed by atoms with E-state index < -0.39 is 24.4 Å². The van der Waals surface area contributed by atoms with Gasteiger partial charge in [0, 0.05) is 6.54 Å². The molecule has 21 heavy (non-hydrogen) atoms. The van der Waals surface area contributed by atoms with Crippen LogP contribution in [0.25, 0.3) is 0 Å². The predicted octanol–water partition coefficient (Wildman–Crippen LogP) is 1.47. The summed E-state index contributed by atoms with van der Waals surface area (Å²) in [5, 5.41) is 2.69. The molecule has 1 heterocycles. The summed E-state index contributed by atoms with van der Waals surface area (Å²) in [7, 11) is 0. The van der Waals surface area contributed by atoms with Crippen molar-refractivity contribution in [2.24, 2.45) is 0 Å². The molecule has 1 aliphatic heterocycles. The van der Waals surface area contributed by atoms with Crippen LogP contribution in [0.1, 0.15) is 33.6 Å². The van der Waals surface area contributed by atoms with Crippen molar-refractivity contribution in [3.05, 3.63) is 0 Å². The van der Waals surface area contributed by atoms with E-state index in [1.807, 2.05) is 0 Å². The van der Waals surface area contributed by atoms with Gasteiger partial charge in [-0.3, -0.25) is 9.59 Å². The third-order valence-electron chi connectivity index (χ3n) is 3.65. The Balaban J connectivity index is 2.70. The molecule has 0 aromatic carbocycles. The van der Waals surface area contributed by atoms with Crippen LogP contribution in [-0.4, -0.2) is 54.2 Å². The second-order valence-electron chi connectivity index (χ2n) is 5.27. The Bertz CT molecular complexity index is 401. The van der Waals surface area contributed by atoms with Gasteiger partial charge in [0.1, 0.15) is 18.2 Å². The number of carbonyl (C=O) groups excluding carboxylic acids is 2.